The van der Waals surface area contributed by atoms with Crippen molar-refractivity contribution in [3.8, 4) is 5.75 Å². The summed E-state index contributed by atoms with van der Waals surface area (Å²) in [5.41, 5.74) is 3.28. The summed E-state index contributed by atoms with van der Waals surface area (Å²) in [4.78, 5) is 16.0. The van der Waals surface area contributed by atoms with Crippen LogP contribution in [0.3, 0.4) is 0 Å². The van der Waals surface area contributed by atoms with Crippen LogP contribution in [0, 0.1) is 0 Å². The molecule has 1 heterocycles. The predicted molar refractivity (Wildman–Crippen MR) is 123 cm³/mol. The van der Waals surface area contributed by atoms with Gasteiger partial charge < -0.3 is 9.84 Å². The molecule has 1 aliphatic rings. The van der Waals surface area contributed by atoms with Gasteiger partial charge >= 0.3 is 12.1 Å². The van der Waals surface area contributed by atoms with Crippen molar-refractivity contribution in [1.82, 2.24) is 4.98 Å². The van der Waals surface area contributed by atoms with Gasteiger partial charge in [-0.05, 0) is 72.2 Å². The topological polar surface area (TPSA) is 59.4 Å². The molecule has 1 aromatic heterocycles. The molecular formula is C27H24F3NO3. The number of carboxylic acids is 1. The smallest absolute Gasteiger partial charge is 0.416 e. The summed E-state index contributed by atoms with van der Waals surface area (Å²) in [6.07, 6.45) is -0.473. The number of ether oxygens (including phenoxy) is 1. The van der Waals surface area contributed by atoms with Gasteiger partial charge in [0.25, 0.3) is 0 Å². The minimum atomic E-state index is -4.49. The van der Waals surface area contributed by atoms with Gasteiger partial charge in [0.1, 0.15) is 12.4 Å². The van der Waals surface area contributed by atoms with Crippen molar-refractivity contribution in [2.24, 2.45) is 0 Å². The van der Waals surface area contributed by atoms with E-state index in [-0.39, 0.29) is 12.2 Å². The number of carbonyl (C=O) groups is 1. The number of pyridine rings is 1. The first-order valence-corrected chi connectivity index (χ1v) is 11.1. The van der Waals surface area contributed by atoms with E-state index in [1.165, 1.54) is 6.07 Å². The van der Waals surface area contributed by atoms with Crippen molar-refractivity contribution in [1.29, 1.82) is 0 Å². The van der Waals surface area contributed by atoms with E-state index < -0.39 is 17.7 Å². The molecule has 2 aromatic carbocycles. The van der Waals surface area contributed by atoms with Gasteiger partial charge in [0.15, 0.2) is 0 Å². The number of rotatable bonds is 7. The quantitative estimate of drug-likeness (QED) is 0.405. The molecule has 3 aromatic rings. The molecule has 0 radical (unpaired) electrons. The molecule has 0 bridgehead atoms. The van der Waals surface area contributed by atoms with Crippen molar-refractivity contribution < 1.29 is 27.8 Å². The SMILES string of the molecule is CCc1ncc(C2=C(c3cc(C(F)(F)F)ccc3OCc3ccccc3)CCC2)cc1C(=O)O. The molecule has 1 aliphatic carbocycles. The summed E-state index contributed by atoms with van der Waals surface area (Å²) in [6, 6.07) is 14.5. The largest absolute Gasteiger partial charge is 0.488 e. The second-order valence-electron chi connectivity index (χ2n) is 8.17. The first-order chi connectivity index (χ1) is 16.3. The molecule has 34 heavy (non-hydrogen) atoms. The van der Waals surface area contributed by atoms with Gasteiger partial charge in [0, 0.05) is 11.8 Å². The van der Waals surface area contributed by atoms with E-state index in [0.29, 0.717) is 41.8 Å². The highest BCUT2D eigenvalue weighted by Crippen LogP contribution is 2.44. The molecule has 0 saturated carbocycles. The summed E-state index contributed by atoms with van der Waals surface area (Å²) in [5.74, 6) is -0.708. The third-order valence-electron chi connectivity index (χ3n) is 5.97. The lowest BCUT2D eigenvalue weighted by molar-refractivity contribution is -0.137. The minimum Gasteiger partial charge on any atom is -0.488 e. The van der Waals surface area contributed by atoms with Crippen LogP contribution in [-0.4, -0.2) is 16.1 Å². The third kappa shape index (κ3) is 4.98. The van der Waals surface area contributed by atoms with Crippen LogP contribution in [0.2, 0.25) is 0 Å². The highest BCUT2D eigenvalue weighted by Gasteiger charge is 2.32. The van der Waals surface area contributed by atoms with Crippen molar-refractivity contribution >= 4 is 17.1 Å². The number of carboxylic acid groups (broad SMARTS) is 1. The van der Waals surface area contributed by atoms with E-state index in [9.17, 15) is 23.1 Å². The number of aromatic carboxylic acids is 1. The molecule has 4 nitrogen and oxygen atoms in total. The van der Waals surface area contributed by atoms with Gasteiger partial charge in [0.2, 0.25) is 0 Å². The summed E-state index contributed by atoms with van der Waals surface area (Å²) >= 11 is 0. The highest BCUT2D eigenvalue weighted by molar-refractivity contribution is 5.96. The maximum absolute atomic E-state index is 13.6. The molecule has 7 heteroatoms. The summed E-state index contributed by atoms with van der Waals surface area (Å²) in [6.45, 7) is 2.05. The maximum Gasteiger partial charge on any atom is 0.416 e. The van der Waals surface area contributed by atoms with E-state index >= 15 is 0 Å². The zero-order valence-electron chi connectivity index (χ0n) is 18.7. The number of hydrogen-bond donors (Lipinski definition) is 1. The molecule has 0 aliphatic heterocycles. The van der Waals surface area contributed by atoms with Crippen LogP contribution in [0.5, 0.6) is 5.75 Å². The van der Waals surface area contributed by atoms with Crippen LogP contribution >= 0.6 is 0 Å². The van der Waals surface area contributed by atoms with Crippen LogP contribution in [0.15, 0.2) is 60.8 Å². The molecule has 0 fully saturated rings. The molecular weight excluding hydrogens is 443 g/mol. The number of aromatic nitrogens is 1. The van der Waals surface area contributed by atoms with Gasteiger partial charge in [-0.15, -0.1) is 0 Å². The molecule has 0 saturated heterocycles. The standard InChI is InChI=1S/C27H24F3NO3/c1-2-24-23(26(32)33)13-18(15-31-24)20-9-6-10-21(20)22-14-19(27(28,29)30)11-12-25(22)34-16-17-7-4-3-5-8-17/h3-5,7-8,11-15H,2,6,9-10,16H2,1H3,(H,32,33). The van der Waals surface area contributed by atoms with Crippen LogP contribution in [0.4, 0.5) is 13.2 Å². The number of halogens is 3. The number of benzene rings is 2. The fraction of sp³-hybridized carbons (Fsp3) is 0.259. The molecule has 0 atom stereocenters. The Morgan fingerprint density at radius 3 is 2.47 bits per heavy atom. The molecule has 0 amide bonds. The van der Waals surface area contributed by atoms with Crippen molar-refractivity contribution in [3.05, 3.63) is 94.3 Å². The average molecular weight is 467 g/mol. The van der Waals surface area contributed by atoms with E-state index in [0.717, 1.165) is 35.3 Å². The monoisotopic (exact) mass is 467 g/mol. The van der Waals surface area contributed by atoms with Gasteiger partial charge in [-0.1, -0.05) is 37.3 Å². The Balaban J connectivity index is 1.81. The first-order valence-electron chi connectivity index (χ1n) is 11.1. The normalized spacial score (nSPS) is 13.9. The maximum atomic E-state index is 13.6. The fourth-order valence-electron chi connectivity index (χ4n) is 4.29. The Morgan fingerprint density at radius 1 is 1.06 bits per heavy atom. The van der Waals surface area contributed by atoms with Crippen LogP contribution in [0.25, 0.3) is 11.1 Å². The Kier molecular flexibility index (Phi) is 6.72. The van der Waals surface area contributed by atoms with Gasteiger partial charge in [-0.25, -0.2) is 4.79 Å². The molecule has 0 spiro atoms. The lowest BCUT2D eigenvalue weighted by Crippen LogP contribution is -2.07. The van der Waals surface area contributed by atoms with Crippen LogP contribution < -0.4 is 4.74 Å². The zero-order valence-corrected chi connectivity index (χ0v) is 18.7. The second kappa shape index (κ2) is 9.71. The van der Waals surface area contributed by atoms with Crippen molar-refractivity contribution in [3.63, 3.8) is 0 Å². The Hall–Kier alpha value is -3.61. The summed E-state index contributed by atoms with van der Waals surface area (Å²) in [5, 5.41) is 9.59. The zero-order chi connectivity index (χ0) is 24.3. The number of nitrogens with zero attached hydrogens (tertiary/aromatic N) is 1. The van der Waals surface area contributed by atoms with Gasteiger partial charge in [-0.2, -0.15) is 13.2 Å². The van der Waals surface area contributed by atoms with Crippen molar-refractivity contribution in [2.45, 2.75) is 45.4 Å². The van der Waals surface area contributed by atoms with E-state index in [1.54, 1.807) is 12.3 Å². The number of aryl methyl sites for hydroxylation is 1. The van der Waals surface area contributed by atoms with Gasteiger partial charge in [0.05, 0.1) is 16.8 Å². The Morgan fingerprint density at radius 2 is 1.79 bits per heavy atom. The third-order valence-corrected chi connectivity index (χ3v) is 5.97. The summed E-state index contributed by atoms with van der Waals surface area (Å²) < 4.78 is 46.6. The average Bonchev–Trinajstić information content (AvgIpc) is 3.32. The lowest BCUT2D eigenvalue weighted by Gasteiger charge is -2.17. The minimum absolute atomic E-state index is 0.114. The van der Waals surface area contributed by atoms with Gasteiger partial charge in [-0.3, -0.25) is 4.98 Å². The summed E-state index contributed by atoms with van der Waals surface area (Å²) in [7, 11) is 0. The van der Waals surface area contributed by atoms with E-state index in [1.807, 2.05) is 37.3 Å². The second-order valence-corrected chi connectivity index (χ2v) is 8.17. The molecule has 176 valence electrons. The molecule has 0 unspecified atom stereocenters. The van der Waals surface area contributed by atoms with E-state index in [4.69, 9.17) is 4.74 Å². The highest BCUT2D eigenvalue weighted by atomic mass is 19.4. The lowest BCUT2D eigenvalue weighted by atomic mass is 9.94. The van der Waals surface area contributed by atoms with E-state index in [2.05, 4.69) is 4.98 Å². The fourth-order valence-corrected chi connectivity index (χ4v) is 4.29. The predicted octanol–water partition coefficient (Wildman–Crippen LogP) is 7.03. The number of hydrogen-bond acceptors (Lipinski definition) is 3. The number of alkyl halides is 3. The Bertz CT molecular complexity index is 1230. The first kappa shape index (κ1) is 23.5. The van der Waals surface area contributed by atoms with Crippen LogP contribution in [-0.2, 0) is 19.2 Å². The van der Waals surface area contributed by atoms with Crippen molar-refractivity contribution in [2.75, 3.05) is 0 Å². The number of allylic oxidation sites excluding steroid dienone is 2. The Labute approximate surface area is 195 Å². The molecule has 1 N–H and O–H groups in total. The van der Waals surface area contributed by atoms with Crippen LogP contribution in [0.1, 0.15) is 64.5 Å². The molecule has 4 rings (SSSR count).